The molecule has 6 heteroatoms. The van der Waals surface area contributed by atoms with E-state index in [0.717, 1.165) is 0 Å². The molecule has 0 saturated carbocycles. The molecule has 0 radical (unpaired) electrons. The van der Waals surface area contributed by atoms with E-state index in [1.165, 1.54) is 0 Å². The molecule has 1 atom stereocenters. The van der Waals surface area contributed by atoms with Crippen molar-refractivity contribution in [2.24, 2.45) is 5.92 Å². The Morgan fingerprint density at radius 3 is 2.33 bits per heavy atom. The summed E-state index contributed by atoms with van der Waals surface area (Å²) in [4.78, 5) is 26.7. The topological polar surface area (TPSA) is 67.2 Å². The molecule has 2 amide bonds. The van der Waals surface area contributed by atoms with Crippen molar-refractivity contribution in [3.05, 3.63) is 12.4 Å². The lowest BCUT2D eigenvalue weighted by molar-refractivity contribution is -0.138. The Kier molecular flexibility index (Phi) is 3.82. The summed E-state index contributed by atoms with van der Waals surface area (Å²) in [6.07, 6.45) is 3.48. The van der Waals surface area contributed by atoms with Crippen molar-refractivity contribution in [2.75, 3.05) is 4.90 Å². The van der Waals surface area contributed by atoms with Gasteiger partial charge in [-0.25, -0.2) is 0 Å². The Balaban J connectivity index is 2.47. The number of rotatable bonds is 3. The molecule has 1 N–H and O–H groups in total. The second-order valence-corrected chi connectivity index (χ2v) is 6.75. The molecule has 0 spiro atoms. The smallest absolute Gasteiger partial charge is 0.253 e. The first kappa shape index (κ1) is 15.5. The summed E-state index contributed by atoms with van der Waals surface area (Å²) in [6.45, 7) is 11.4. The van der Waals surface area contributed by atoms with Gasteiger partial charge in [-0.15, -0.1) is 0 Å². The number of hydrogen-bond donors (Lipinski definition) is 1. The third-order valence-electron chi connectivity index (χ3n) is 3.76. The molecular weight excluding hydrogens is 268 g/mol. The molecule has 21 heavy (non-hydrogen) atoms. The lowest BCUT2D eigenvalue weighted by Crippen LogP contribution is -2.69. The molecule has 1 saturated heterocycles. The molecule has 1 unspecified atom stereocenters. The maximum absolute atomic E-state index is 12.8. The molecule has 0 bridgehead atoms. The summed E-state index contributed by atoms with van der Waals surface area (Å²) in [6, 6.07) is -0.298. The molecule has 1 fully saturated rings. The van der Waals surface area contributed by atoms with Crippen LogP contribution in [0.15, 0.2) is 12.4 Å². The van der Waals surface area contributed by atoms with Gasteiger partial charge in [0.15, 0.2) is 0 Å². The molecule has 2 heterocycles. The average molecular weight is 292 g/mol. The predicted molar refractivity (Wildman–Crippen MR) is 80.9 cm³/mol. The third kappa shape index (κ3) is 2.66. The molecule has 1 aromatic heterocycles. The highest BCUT2D eigenvalue weighted by molar-refractivity contribution is 6.10. The zero-order valence-electron chi connectivity index (χ0n) is 13.5. The number of hydrogen-bond acceptors (Lipinski definition) is 3. The van der Waals surface area contributed by atoms with Crippen molar-refractivity contribution in [3.63, 3.8) is 0 Å². The number of nitrogens with one attached hydrogen (secondary N) is 1. The highest BCUT2D eigenvalue weighted by Gasteiger charge is 2.47. The van der Waals surface area contributed by atoms with Crippen LogP contribution < -0.4 is 10.2 Å². The van der Waals surface area contributed by atoms with Gasteiger partial charge in [-0.3, -0.25) is 19.2 Å². The van der Waals surface area contributed by atoms with Gasteiger partial charge in [0.25, 0.3) is 5.91 Å². The normalized spacial score (nSPS) is 22.1. The number of amides is 2. The van der Waals surface area contributed by atoms with Crippen LogP contribution in [0.3, 0.4) is 0 Å². The van der Waals surface area contributed by atoms with Crippen LogP contribution in [0.2, 0.25) is 0 Å². The van der Waals surface area contributed by atoms with E-state index >= 15 is 0 Å². The zero-order chi connectivity index (χ0) is 15.9. The molecular formula is C15H24N4O2. The molecule has 1 aliphatic heterocycles. The molecule has 0 aromatic carbocycles. The minimum atomic E-state index is -0.900. The SMILES string of the molecule is CC(C)C1C(=O)NC(C)(C)C(=O)N1c1cnn(C(C)C)c1. The average Bonchev–Trinajstić information content (AvgIpc) is 2.81. The van der Waals surface area contributed by atoms with Crippen LogP contribution in [0.4, 0.5) is 5.69 Å². The summed E-state index contributed by atoms with van der Waals surface area (Å²) in [5, 5.41) is 7.09. The van der Waals surface area contributed by atoms with Gasteiger partial charge in [0.05, 0.1) is 11.9 Å². The largest absolute Gasteiger partial charge is 0.340 e. The Morgan fingerprint density at radius 2 is 1.86 bits per heavy atom. The highest BCUT2D eigenvalue weighted by Crippen LogP contribution is 2.28. The van der Waals surface area contributed by atoms with Gasteiger partial charge in [0.2, 0.25) is 5.91 Å². The van der Waals surface area contributed by atoms with Gasteiger partial charge in [0.1, 0.15) is 11.6 Å². The van der Waals surface area contributed by atoms with Crippen molar-refractivity contribution < 1.29 is 9.59 Å². The number of anilines is 1. The monoisotopic (exact) mass is 292 g/mol. The van der Waals surface area contributed by atoms with Crippen LogP contribution in [-0.4, -0.2) is 33.2 Å². The number of carbonyl (C=O) groups is 2. The summed E-state index contributed by atoms with van der Waals surface area (Å²) in [5.41, 5.74) is -0.224. The van der Waals surface area contributed by atoms with Crippen molar-refractivity contribution in [1.82, 2.24) is 15.1 Å². The summed E-state index contributed by atoms with van der Waals surface area (Å²) in [5.74, 6) is -0.205. The summed E-state index contributed by atoms with van der Waals surface area (Å²) >= 11 is 0. The maximum atomic E-state index is 12.8. The Morgan fingerprint density at radius 1 is 1.24 bits per heavy atom. The van der Waals surface area contributed by atoms with Gasteiger partial charge >= 0.3 is 0 Å². The van der Waals surface area contributed by atoms with Crippen LogP contribution in [-0.2, 0) is 9.59 Å². The van der Waals surface area contributed by atoms with Crippen molar-refractivity contribution in [2.45, 2.75) is 59.2 Å². The van der Waals surface area contributed by atoms with Crippen LogP contribution in [0.25, 0.3) is 0 Å². The fourth-order valence-electron chi connectivity index (χ4n) is 2.59. The number of carbonyl (C=O) groups excluding carboxylic acids is 2. The van der Waals surface area contributed by atoms with Crippen molar-refractivity contribution in [1.29, 1.82) is 0 Å². The summed E-state index contributed by atoms with van der Waals surface area (Å²) < 4.78 is 1.79. The molecule has 0 aliphatic carbocycles. The van der Waals surface area contributed by atoms with Gasteiger partial charge in [-0.1, -0.05) is 13.8 Å². The van der Waals surface area contributed by atoms with Crippen LogP contribution in [0.5, 0.6) is 0 Å². The third-order valence-corrected chi connectivity index (χ3v) is 3.76. The fourth-order valence-corrected chi connectivity index (χ4v) is 2.59. The first-order valence-electron chi connectivity index (χ1n) is 7.35. The van der Waals surface area contributed by atoms with Gasteiger partial charge in [-0.2, -0.15) is 5.10 Å². The van der Waals surface area contributed by atoms with Crippen LogP contribution in [0, 0.1) is 5.92 Å². The molecule has 2 rings (SSSR count). The van der Waals surface area contributed by atoms with E-state index in [1.54, 1.807) is 29.6 Å². The second-order valence-electron chi connectivity index (χ2n) is 6.75. The van der Waals surface area contributed by atoms with E-state index in [4.69, 9.17) is 0 Å². The molecule has 1 aromatic rings. The first-order chi connectivity index (χ1) is 9.65. The second kappa shape index (κ2) is 5.16. The fraction of sp³-hybridized carbons (Fsp3) is 0.667. The lowest BCUT2D eigenvalue weighted by atomic mass is 9.91. The van der Waals surface area contributed by atoms with E-state index in [9.17, 15) is 9.59 Å². The van der Waals surface area contributed by atoms with Crippen molar-refractivity contribution >= 4 is 17.5 Å². The van der Waals surface area contributed by atoms with Crippen molar-refractivity contribution in [3.8, 4) is 0 Å². The van der Waals surface area contributed by atoms with Gasteiger partial charge < -0.3 is 5.32 Å². The quantitative estimate of drug-likeness (QED) is 0.922. The minimum Gasteiger partial charge on any atom is -0.340 e. The Bertz CT molecular complexity index is 560. The van der Waals surface area contributed by atoms with E-state index in [-0.39, 0.29) is 23.8 Å². The highest BCUT2D eigenvalue weighted by atomic mass is 16.2. The minimum absolute atomic E-state index is 0.0208. The van der Waals surface area contributed by atoms with E-state index in [0.29, 0.717) is 5.69 Å². The number of piperazine rings is 1. The number of nitrogens with zero attached hydrogens (tertiary/aromatic N) is 3. The molecule has 6 nitrogen and oxygen atoms in total. The molecule has 1 aliphatic rings. The maximum Gasteiger partial charge on any atom is 0.253 e. The van der Waals surface area contributed by atoms with Gasteiger partial charge in [-0.05, 0) is 33.6 Å². The Hall–Kier alpha value is -1.85. The lowest BCUT2D eigenvalue weighted by Gasteiger charge is -2.43. The van der Waals surface area contributed by atoms with E-state index in [2.05, 4.69) is 10.4 Å². The van der Waals surface area contributed by atoms with E-state index in [1.807, 2.05) is 33.9 Å². The first-order valence-corrected chi connectivity index (χ1v) is 7.35. The predicted octanol–water partition coefficient (Wildman–Crippen LogP) is 1.73. The summed E-state index contributed by atoms with van der Waals surface area (Å²) in [7, 11) is 0. The number of aromatic nitrogens is 2. The van der Waals surface area contributed by atoms with Gasteiger partial charge in [0, 0.05) is 12.2 Å². The van der Waals surface area contributed by atoms with Crippen LogP contribution in [0.1, 0.15) is 47.6 Å². The Labute approximate surface area is 125 Å². The van der Waals surface area contributed by atoms with Crippen LogP contribution >= 0.6 is 0 Å². The standard InChI is InChI=1S/C15H24N4O2/c1-9(2)12-13(20)17-15(5,6)14(21)19(12)11-7-16-18(8-11)10(3)4/h7-10,12H,1-6H3,(H,17,20). The molecule has 116 valence electrons. The van der Waals surface area contributed by atoms with E-state index < -0.39 is 11.6 Å². The zero-order valence-corrected chi connectivity index (χ0v) is 13.5.